The number of hydrogen-bond donors (Lipinski definition) is 0. The van der Waals surface area contributed by atoms with Crippen LogP contribution in [-0.4, -0.2) is 28.4 Å². The average molecular weight is 329 g/mol. The molecule has 0 heterocycles. The molecule has 0 aromatic heterocycles. The Morgan fingerprint density at radius 1 is 0.789 bits per heavy atom. The number of rotatable bonds is 6. The van der Waals surface area contributed by atoms with Gasteiger partial charge in [-0.05, 0) is 18.2 Å². The van der Waals surface area contributed by atoms with Gasteiger partial charge in [-0.2, -0.15) is 0 Å². The maximum atomic E-state index is 12.3. The van der Waals surface area contributed by atoms with Crippen molar-refractivity contribution in [2.75, 3.05) is 28.4 Å². The second-order valence-electron chi connectivity index (χ2n) is 3.39. The second-order valence-corrected chi connectivity index (χ2v) is 8.31. The van der Waals surface area contributed by atoms with Crippen molar-refractivity contribution in [3.63, 3.8) is 0 Å². The molecule has 0 aliphatic rings. The molecule has 0 saturated carbocycles. The lowest BCUT2D eigenvalue weighted by Gasteiger charge is -2.18. The van der Waals surface area contributed by atoms with E-state index in [-0.39, 0.29) is 15.6 Å². The molecule has 0 saturated heterocycles. The Morgan fingerprint density at radius 2 is 1.11 bits per heavy atom. The van der Waals surface area contributed by atoms with Crippen molar-refractivity contribution in [1.82, 2.24) is 0 Å². The Morgan fingerprint density at radius 3 is 1.37 bits per heavy atom. The van der Waals surface area contributed by atoms with Crippen LogP contribution in [0.5, 0.6) is 0 Å². The van der Waals surface area contributed by atoms with Crippen LogP contribution in [0.15, 0.2) is 18.2 Å². The van der Waals surface area contributed by atoms with Crippen molar-refractivity contribution in [3.8, 4) is 0 Å². The summed E-state index contributed by atoms with van der Waals surface area (Å²) in [5.74, 6) is 0. The highest BCUT2D eigenvalue weighted by Crippen LogP contribution is 2.49. The molecule has 0 amide bonds. The van der Waals surface area contributed by atoms with Crippen LogP contribution in [0.25, 0.3) is 0 Å². The summed E-state index contributed by atoms with van der Waals surface area (Å²) in [7, 11) is -2.00. The van der Waals surface area contributed by atoms with Gasteiger partial charge in [-0.3, -0.25) is 9.13 Å². The molecule has 0 bridgehead atoms. The Bertz CT molecular complexity index is 487. The van der Waals surface area contributed by atoms with Crippen LogP contribution >= 0.6 is 26.8 Å². The van der Waals surface area contributed by atoms with E-state index in [9.17, 15) is 9.13 Å². The van der Waals surface area contributed by atoms with Crippen molar-refractivity contribution in [1.29, 1.82) is 0 Å². The number of hydrogen-bond acceptors (Lipinski definition) is 6. The topological polar surface area (TPSA) is 71.1 Å². The van der Waals surface area contributed by atoms with Gasteiger partial charge in [0.05, 0.1) is 10.6 Å². The molecule has 9 heteroatoms. The minimum atomic E-state index is -3.49. The van der Waals surface area contributed by atoms with Crippen molar-refractivity contribution < 1.29 is 27.2 Å². The van der Waals surface area contributed by atoms with Crippen LogP contribution in [-0.2, 0) is 27.2 Å². The molecule has 0 N–H and O–H groups in total. The summed E-state index contributed by atoms with van der Waals surface area (Å²) < 4.78 is 44.0. The average Bonchev–Trinajstić information content (AvgIpc) is 2.44. The third kappa shape index (κ3) is 3.47. The molecule has 108 valence electrons. The van der Waals surface area contributed by atoms with E-state index in [2.05, 4.69) is 0 Å². The standard InChI is InChI=1S/C10H15ClO6P2/c1-14-18(12,15-2)9-5-8(11)6-10(7-9)19(13,16-3)17-4/h5-7H,1-4H3. The first-order chi connectivity index (χ1) is 8.85. The molecule has 1 aromatic carbocycles. The van der Waals surface area contributed by atoms with Gasteiger partial charge in [0, 0.05) is 33.5 Å². The maximum Gasteiger partial charge on any atom is 0.360 e. The van der Waals surface area contributed by atoms with E-state index >= 15 is 0 Å². The molecule has 0 unspecified atom stereocenters. The molecule has 0 aliphatic heterocycles. The van der Waals surface area contributed by atoms with E-state index in [1.54, 1.807) is 0 Å². The van der Waals surface area contributed by atoms with Gasteiger partial charge in [-0.1, -0.05) is 11.6 Å². The number of halogens is 1. The first-order valence-electron chi connectivity index (χ1n) is 5.10. The predicted molar refractivity (Wildman–Crippen MR) is 74.0 cm³/mol. The maximum absolute atomic E-state index is 12.3. The molecular formula is C10H15ClO6P2. The van der Waals surface area contributed by atoms with Crippen LogP contribution in [0.4, 0.5) is 0 Å². The minimum Gasteiger partial charge on any atom is -0.309 e. The molecular weight excluding hydrogens is 314 g/mol. The highest BCUT2D eigenvalue weighted by atomic mass is 35.5. The zero-order chi connectivity index (χ0) is 14.7. The van der Waals surface area contributed by atoms with Crippen molar-refractivity contribution in [3.05, 3.63) is 23.2 Å². The minimum absolute atomic E-state index is 0.175. The fraction of sp³-hybridized carbons (Fsp3) is 0.400. The van der Waals surface area contributed by atoms with Crippen LogP contribution in [0, 0.1) is 0 Å². The quantitative estimate of drug-likeness (QED) is 0.747. The summed E-state index contributed by atoms with van der Waals surface area (Å²) in [4.78, 5) is 0. The van der Waals surface area contributed by atoms with E-state index in [4.69, 9.17) is 29.7 Å². The van der Waals surface area contributed by atoms with Gasteiger partial charge in [0.1, 0.15) is 0 Å². The van der Waals surface area contributed by atoms with Gasteiger partial charge >= 0.3 is 15.2 Å². The number of benzene rings is 1. The highest BCUT2D eigenvalue weighted by molar-refractivity contribution is 7.63. The third-order valence-corrected chi connectivity index (χ3v) is 6.38. The highest BCUT2D eigenvalue weighted by Gasteiger charge is 2.30. The normalized spacial score (nSPS) is 12.7. The molecule has 0 spiro atoms. The van der Waals surface area contributed by atoms with Crippen LogP contribution < -0.4 is 10.6 Å². The second kappa shape index (κ2) is 6.51. The molecule has 0 radical (unpaired) electrons. The third-order valence-electron chi connectivity index (χ3n) is 2.46. The Hall–Kier alpha value is -0.190. The first-order valence-corrected chi connectivity index (χ1v) is 8.56. The summed E-state index contributed by atoms with van der Waals surface area (Å²) >= 11 is 5.93. The van der Waals surface area contributed by atoms with Crippen LogP contribution in [0.2, 0.25) is 5.02 Å². The van der Waals surface area contributed by atoms with E-state index in [1.165, 1.54) is 46.6 Å². The molecule has 1 rings (SSSR count). The summed E-state index contributed by atoms with van der Waals surface area (Å²) in [5, 5.41) is 0.569. The summed E-state index contributed by atoms with van der Waals surface area (Å²) in [6.07, 6.45) is 0. The fourth-order valence-corrected chi connectivity index (χ4v) is 4.27. The first kappa shape index (κ1) is 16.9. The lowest BCUT2D eigenvalue weighted by Crippen LogP contribution is -2.17. The van der Waals surface area contributed by atoms with Crippen molar-refractivity contribution in [2.45, 2.75) is 0 Å². The van der Waals surface area contributed by atoms with Gasteiger partial charge in [0.15, 0.2) is 0 Å². The van der Waals surface area contributed by atoms with Crippen LogP contribution in [0.1, 0.15) is 0 Å². The van der Waals surface area contributed by atoms with E-state index in [0.717, 1.165) is 0 Å². The van der Waals surface area contributed by atoms with E-state index in [1.807, 2.05) is 0 Å². The van der Waals surface area contributed by atoms with Gasteiger partial charge in [-0.25, -0.2) is 0 Å². The molecule has 1 aromatic rings. The Kier molecular flexibility index (Phi) is 5.78. The summed E-state index contributed by atoms with van der Waals surface area (Å²) in [6.45, 7) is 0. The largest absolute Gasteiger partial charge is 0.360 e. The molecule has 6 nitrogen and oxygen atoms in total. The predicted octanol–water partition coefficient (Wildman–Crippen LogP) is 2.56. The molecule has 0 fully saturated rings. The monoisotopic (exact) mass is 328 g/mol. The SMILES string of the molecule is COP(=O)(OC)c1cc(Cl)cc(P(=O)(OC)OC)c1. The van der Waals surface area contributed by atoms with E-state index < -0.39 is 15.2 Å². The van der Waals surface area contributed by atoms with Gasteiger partial charge in [0.2, 0.25) is 0 Å². The lowest BCUT2D eigenvalue weighted by atomic mass is 10.4. The fourth-order valence-electron chi connectivity index (χ4n) is 1.45. The Balaban J connectivity index is 3.45. The smallest absolute Gasteiger partial charge is 0.309 e. The van der Waals surface area contributed by atoms with Gasteiger partial charge in [0.25, 0.3) is 0 Å². The zero-order valence-electron chi connectivity index (χ0n) is 11.0. The van der Waals surface area contributed by atoms with Crippen molar-refractivity contribution in [2.24, 2.45) is 0 Å². The van der Waals surface area contributed by atoms with E-state index in [0.29, 0.717) is 0 Å². The molecule has 19 heavy (non-hydrogen) atoms. The zero-order valence-corrected chi connectivity index (χ0v) is 13.5. The summed E-state index contributed by atoms with van der Waals surface area (Å²) in [6, 6.07) is 4.19. The Labute approximate surface area is 117 Å². The van der Waals surface area contributed by atoms with Gasteiger partial charge < -0.3 is 18.1 Å². The van der Waals surface area contributed by atoms with Gasteiger partial charge in [-0.15, -0.1) is 0 Å². The lowest BCUT2D eigenvalue weighted by molar-refractivity contribution is 0.287. The molecule has 0 aliphatic carbocycles. The van der Waals surface area contributed by atoms with Crippen LogP contribution in [0.3, 0.4) is 0 Å². The summed E-state index contributed by atoms with van der Waals surface area (Å²) in [5.41, 5.74) is 0. The van der Waals surface area contributed by atoms with Crippen molar-refractivity contribution >= 4 is 37.4 Å². The molecule has 0 atom stereocenters.